The van der Waals surface area contributed by atoms with Gasteiger partial charge < -0.3 is 10.1 Å². The molecule has 4 aromatic rings. The second-order valence-electron chi connectivity index (χ2n) is 5.22. The zero-order valence-corrected chi connectivity index (χ0v) is 11.6. The number of aromatic nitrogens is 2. The fraction of sp³-hybridized carbons (Fsp3) is 0.0556. The van der Waals surface area contributed by atoms with Gasteiger partial charge in [0.1, 0.15) is 11.4 Å². The summed E-state index contributed by atoms with van der Waals surface area (Å²) in [5, 5.41) is 12.4. The van der Waals surface area contributed by atoms with Crippen molar-refractivity contribution in [2.24, 2.45) is 0 Å². The van der Waals surface area contributed by atoms with Gasteiger partial charge in [0.2, 0.25) is 0 Å². The Morgan fingerprint density at radius 2 is 1.71 bits per heavy atom. The van der Waals surface area contributed by atoms with Gasteiger partial charge in [-0.25, -0.2) is 4.98 Å². The fourth-order valence-electron chi connectivity index (χ4n) is 2.89. The first-order chi connectivity index (χ1) is 10.2. The van der Waals surface area contributed by atoms with Gasteiger partial charge in [-0.15, -0.1) is 0 Å². The first kappa shape index (κ1) is 12.0. The van der Waals surface area contributed by atoms with Gasteiger partial charge >= 0.3 is 0 Å². The Balaban J connectivity index is 2.20. The van der Waals surface area contributed by atoms with Crippen molar-refractivity contribution in [3.05, 3.63) is 60.3 Å². The van der Waals surface area contributed by atoms with Crippen LogP contribution in [0.4, 0.5) is 0 Å². The average molecular weight is 274 g/mol. The number of pyridine rings is 1. The molecule has 0 aliphatic rings. The SMILES string of the molecule is Cc1cc(-c2ccccc2O)c2c(n1)[nH]c1ccccc12. The highest BCUT2D eigenvalue weighted by atomic mass is 16.3. The Kier molecular flexibility index (Phi) is 2.48. The summed E-state index contributed by atoms with van der Waals surface area (Å²) in [6.45, 7) is 1.97. The van der Waals surface area contributed by atoms with E-state index < -0.39 is 0 Å². The number of aryl methyl sites for hydroxylation is 1. The molecule has 102 valence electrons. The normalized spacial score (nSPS) is 11.3. The van der Waals surface area contributed by atoms with Crippen molar-refractivity contribution < 1.29 is 5.11 Å². The molecule has 2 aromatic carbocycles. The highest BCUT2D eigenvalue weighted by Gasteiger charge is 2.14. The van der Waals surface area contributed by atoms with E-state index in [4.69, 9.17) is 0 Å². The van der Waals surface area contributed by atoms with Crippen molar-refractivity contribution in [2.75, 3.05) is 0 Å². The number of phenolic OH excluding ortho intramolecular Hbond substituents is 1. The summed E-state index contributed by atoms with van der Waals surface area (Å²) in [7, 11) is 0. The Hall–Kier alpha value is -2.81. The molecule has 0 aliphatic heterocycles. The van der Waals surface area contributed by atoms with Crippen LogP contribution in [0.5, 0.6) is 5.75 Å². The van der Waals surface area contributed by atoms with Crippen molar-refractivity contribution in [2.45, 2.75) is 6.92 Å². The van der Waals surface area contributed by atoms with E-state index in [1.54, 1.807) is 6.07 Å². The molecule has 0 bridgehead atoms. The van der Waals surface area contributed by atoms with E-state index in [0.29, 0.717) is 0 Å². The molecule has 0 atom stereocenters. The molecular formula is C18H14N2O. The molecule has 0 spiro atoms. The maximum atomic E-state index is 10.2. The molecule has 0 radical (unpaired) electrons. The van der Waals surface area contributed by atoms with Crippen molar-refractivity contribution in [3.8, 4) is 16.9 Å². The van der Waals surface area contributed by atoms with Gasteiger partial charge in [-0.3, -0.25) is 0 Å². The monoisotopic (exact) mass is 274 g/mol. The third-order valence-electron chi connectivity index (χ3n) is 3.79. The summed E-state index contributed by atoms with van der Waals surface area (Å²) in [6, 6.07) is 17.6. The van der Waals surface area contributed by atoms with Gasteiger partial charge in [-0.2, -0.15) is 0 Å². The summed E-state index contributed by atoms with van der Waals surface area (Å²) in [4.78, 5) is 7.95. The second-order valence-corrected chi connectivity index (χ2v) is 5.22. The Labute approximate surface area is 121 Å². The number of rotatable bonds is 1. The molecule has 0 saturated carbocycles. The minimum atomic E-state index is 0.287. The van der Waals surface area contributed by atoms with Gasteiger partial charge in [0.05, 0.1) is 0 Å². The van der Waals surface area contributed by atoms with Crippen LogP contribution in [0.25, 0.3) is 33.1 Å². The van der Waals surface area contributed by atoms with Crippen LogP contribution in [0.3, 0.4) is 0 Å². The van der Waals surface area contributed by atoms with E-state index in [2.05, 4.69) is 16.0 Å². The first-order valence-corrected chi connectivity index (χ1v) is 6.90. The number of hydrogen-bond acceptors (Lipinski definition) is 2. The number of para-hydroxylation sites is 2. The molecule has 4 rings (SSSR count). The first-order valence-electron chi connectivity index (χ1n) is 6.90. The molecule has 21 heavy (non-hydrogen) atoms. The fourth-order valence-corrected chi connectivity index (χ4v) is 2.89. The average Bonchev–Trinajstić information content (AvgIpc) is 2.85. The maximum Gasteiger partial charge on any atom is 0.139 e. The van der Waals surface area contributed by atoms with Crippen LogP contribution in [0.1, 0.15) is 5.69 Å². The Bertz CT molecular complexity index is 969. The lowest BCUT2D eigenvalue weighted by Gasteiger charge is -2.07. The summed E-state index contributed by atoms with van der Waals surface area (Å²) >= 11 is 0. The Morgan fingerprint density at radius 3 is 2.57 bits per heavy atom. The number of fused-ring (bicyclic) bond motifs is 3. The number of benzene rings is 2. The molecule has 3 heteroatoms. The van der Waals surface area contributed by atoms with Crippen molar-refractivity contribution in [1.29, 1.82) is 0 Å². The van der Waals surface area contributed by atoms with E-state index in [9.17, 15) is 5.11 Å². The summed E-state index contributed by atoms with van der Waals surface area (Å²) < 4.78 is 0. The number of nitrogens with one attached hydrogen (secondary N) is 1. The third kappa shape index (κ3) is 1.78. The zero-order chi connectivity index (χ0) is 14.4. The number of aromatic amines is 1. The molecule has 2 aromatic heterocycles. The summed E-state index contributed by atoms with van der Waals surface area (Å²) in [5.41, 5.74) is 4.68. The maximum absolute atomic E-state index is 10.2. The van der Waals surface area contributed by atoms with E-state index in [1.807, 2.05) is 49.4 Å². The standard InChI is InChI=1S/C18H14N2O/c1-11-10-14(12-6-3-5-9-16(12)21)17-13-7-2-4-8-15(13)20-18(17)19-11/h2-10,21H,1H3,(H,19,20). The molecule has 0 fully saturated rings. The van der Waals surface area contributed by atoms with Crippen LogP contribution in [0.2, 0.25) is 0 Å². The number of hydrogen-bond donors (Lipinski definition) is 2. The van der Waals surface area contributed by atoms with Gasteiger partial charge in [0.25, 0.3) is 0 Å². The van der Waals surface area contributed by atoms with E-state index >= 15 is 0 Å². The van der Waals surface area contributed by atoms with Gasteiger partial charge in [-0.1, -0.05) is 36.4 Å². The molecule has 0 unspecified atom stereocenters. The number of nitrogens with zero attached hydrogens (tertiary/aromatic N) is 1. The summed E-state index contributed by atoms with van der Waals surface area (Å²) in [6.07, 6.45) is 0. The second kappa shape index (κ2) is 4.35. The molecular weight excluding hydrogens is 260 g/mol. The van der Waals surface area contributed by atoms with Crippen molar-refractivity contribution >= 4 is 21.9 Å². The minimum absolute atomic E-state index is 0.287. The molecule has 2 N–H and O–H groups in total. The summed E-state index contributed by atoms with van der Waals surface area (Å²) in [5.74, 6) is 0.287. The van der Waals surface area contributed by atoms with Crippen molar-refractivity contribution in [1.82, 2.24) is 9.97 Å². The Morgan fingerprint density at radius 1 is 0.952 bits per heavy atom. The number of H-pyrrole nitrogens is 1. The van der Waals surface area contributed by atoms with Gasteiger partial charge in [0.15, 0.2) is 0 Å². The highest BCUT2D eigenvalue weighted by Crippen LogP contribution is 2.37. The quantitative estimate of drug-likeness (QED) is 0.540. The molecule has 0 aliphatic carbocycles. The van der Waals surface area contributed by atoms with Gasteiger partial charge in [-0.05, 0) is 30.7 Å². The predicted octanol–water partition coefficient (Wildman–Crippen LogP) is 4.40. The van der Waals surface area contributed by atoms with Gasteiger partial charge in [0, 0.05) is 27.5 Å². The zero-order valence-electron chi connectivity index (χ0n) is 11.6. The van der Waals surface area contributed by atoms with E-state index in [0.717, 1.165) is 38.8 Å². The van der Waals surface area contributed by atoms with Crippen LogP contribution < -0.4 is 0 Å². The lowest BCUT2D eigenvalue weighted by Crippen LogP contribution is -1.87. The highest BCUT2D eigenvalue weighted by molar-refractivity contribution is 6.13. The molecule has 3 nitrogen and oxygen atoms in total. The number of phenols is 1. The van der Waals surface area contributed by atoms with E-state index in [-0.39, 0.29) is 5.75 Å². The molecule has 2 heterocycles. The lowest BCUT2D eigenvalue weighted by atomic mass is 9.99. The molecule has 0 saturated heterocycles. The van der Waals surface area contributed by atoms with Crippen LogP contribution in [0, 0.1) is 6.92 Å². The largest absolute Gasteiger partial charge is 0.507 e. The van der Waals surface area contributed by atoms with E-state index in [1.165, 1.54) is 0 Å². The van der Waals surface area contributed by atoms with Crippen LogP contribution in [-0.4, -0.2) is 15.1 Å². The van der Waals surface area contributed by atoms with Crippen LogP contribution in [-0.2, 0) is 0 Å². The van der Waals surface area contributed by atoms with Crippen molar-refractivity contribution in [3.63, 3.8) is 0 Å². The smallest absolute Gasteiger partial charge is 0.139 e. The van der Waals surface area contributed by atoms with Crippen LogP contribution in [0.15, 0.2) is 54.6 Å². The molecule has 0 amide bonds. The topological polar surface area (TPSA) is 48.9 Å². The minimum Gasteiger partial charge on any atom is -0.507 e. The number of aromatic hydroxyl groups is 1. The lowest BCUT2D eigenvalue weighted by molar-refractivity contribution is 0.477. The third-order valence-corrected chi connectivity index (χ3v) is 3.79. The predicted molar refractivity (Wildman–Crippen MR) is 85.4 cm³/mol. The van der Waals surface area contributed by atoms with Crippen LogP contribution >= 0.6 is 0 Å².